The second kappa shape index (κ2) is 4.72. The van der Waals surface area contributed by atoms with Gasteiger partial charge in [-0.3, -0.25) is 0 Å². The lowest BCUT2D eigenvalue weighted by molar-refractivity contribution is -0.144. The van der Waals surface area contributed by atoms with Crippen molar-refractivity contribution < 1.29 is 17.9 Å². The van der Waals surface area contributed by atoms with Gasteiger partial charge in [-0.1, -0.05) is 12.1 Å². The van der Waals surface area contributed by atoms with E-state index in [2.05, 4.69) is 19.9 Å². The number of benzene rings is 1. The van der Waals surface area contributed by atoms with Crippen molar-refractivity contribution in [3.8, 4) is 17.1 Å². The highest BCUT2D eigenvalue weighted by atomic mass is 19.4. The van der Waals surface area contributed by atoms with Gasteiger partial charge in [0.05, 0.1) is 13.3 Å². The number of hydrogen-bond donors (Lipinski definition) is 1. The first-order chi connectivity index (χ1) is 9.97. The lowest BCUT2D eigenvalue weighted by Gasteiger charge is -2.02. The first kappa shape index (κ1) is 13.3. The molecule has 5 nitrogen and oxygen atoms in total. The third-order valence-corrected chi connectivity index (χ3v) is 2.84. The van der Waals surface area contributed by atoms with Crippen molar-refractivity contribution in [1.29, 1.82) is 0 Å². The largest absolute Gasteiger partial charge is 0.497 e. The number of aromatic amines is 1. The molecule has 3 aromatic rings. The van der Waals surface area contributed by atoms with Crippen LogP contribution in [0.3, 0.4) is 0 Å². The SMILES string of the molecule is COc1cccc(-c2nc3nc(C(F)(F)F)ncc3[nH]2)c1. The monoisotopic (exact) mass is 294 g/mol. The fraction of sp³-hybridized carbons (Fsp3) is 0.154. The Morgan fingerprint density at radius 3 is 2.71 bits per heavy atom. The molecule has 0 atom stereocenters. The Balaban J connectivity index is 2.08. The molecule has 0 saturated heterocycles. The highest BCUT2D eigenvalue weighted by molar-refractivity contribution is 5.75. The van der Waals surface area contributed by atoms with Crippen LogP contribution in [0.1, 0.15) is 5.82 Å². The quantitative estimate of drug-likeness (QED) is 0.789. The van der Waals surface area contributed by atoms with E-state index in [1.165, 1.54) is 7.11 Å². The molecule has 1 N–H and O–H groups in total. The molecule has 108 valence electrons. The number of hydrogen-bond acceptors (Lipinski definition) is 4. The average Bonchev–Trinajstić information content (AvgIpc) is 2.89. The Labute approximate surface area is 116 Å². The molecule has 2 aromatic heterocycles. The van der Waals surface area contributed by atoms with Gasteiger partial charge in [-0.05, 0) is 12.1 Å². The summed E-state index contributed by atoms with van der Waals surface area (Å²) in [6.07, 6.45) is -3.52. The predicted octanol–water partition coefficient (Wildman–Crippen LogP) is 3.05. The Kier molecular flexibility index (Phi) is 3.00. The number of nitrogens with zero attached hydrogens (tertiary/aromatic N) is 3. The summed E-state index contributed by atoms with van der Waals surface area (Å²) in [7, 11) is 1.53. The number of imidazole rings is 1. The van der Waals surface area contributed by atoms with Crippen molar-refractivity contribution >= 4 is 11.2 Å². The van der Waals surface area contributed by atoms with Crippen LogP contribution in [-0.4, -0.2) is 27.0 Å². The second-order valence-electron chi connectivity index (χ2n) is 4.25. The Morgan fingerprint density at radius 2 is 2.00 bits per heavy atom. The molecule has 3 rings (SSSR count). The molecular formula is C13H9F3N4O. The zero-order valence-electron chi connectivity index (χ0n) is 10.8. The topological polar surface area (TPSA) is 63.7 Å². The minimum absolute atomic E-state index is 0.0323. The molecule has 0 fully saturated rings. The highest BCUT2D eigenvalue weighted by Crippen LogP contribution is 2.28. The van der Waals surface area contributed by atoms with Gasteiger partial charge in [0.2, 0.25) is 5.82 Å². The van der Waals surface area contributed by atoms with E-state index in [0.717, 1.165) is 6.20 Å². The van der Waals surface area contributed by atoms with E-state index in [4.69, 9.17) is 4.74 Å². The van der Waals surface area contributed by atoms with Crippen molar-refractivity contribution in [3.05, 3.63) is 36.3 Å². The molecule has 0 bridgehead atoms. The number of halogens is 3. The van der Waals surface area contributed by atoms with Crippen LogP contribution in [0, 0.1) is 0 Å². The molecule has 0 aliphatic rings. The van der Waals surface area contributed by atoms with Gasteiger partial charge in [-0.2, -0.15) is 13.2 Å². The fourth-order valence-corrected chi connectivity index (χ4v) is 1.85. The lowest BCUT2D eigenvalue weighted by Crippen LogP contribution is -2.10. The molecule has 0 unspecified atom stereocenters. The van der Waals surface area contributed by atoms with Crippen LogP contribution in [0.4, 0.5) is 13.2 Å². The minimum Gasteiger partial charge on any atom is -0.497 e. The molecule has 1 aromatic carbocycles. The second-order valence-corrected chi connectivity index (χ2v) is 4.25. The number of aromatic nitrogens is 4. The van der Waals surface area contributed by atoms with Crippen LogP contribution < -0.4 is 4.74 Å². The Morgan fingerprint density at radius 1 is 1.19 bits per heavy atom. The molecule has 0 radical (unpaired) electrons. The lowest BCUT2D eigenvalue weighted by atomic mass is 10.2. The van der Waals surface area contributed by atoms with E-state index < -0.39 is 12.0 Å². The number of ether oxygens (including phenoxy) is 1. The van der Waals surface area contributed by atoms with Gasteiger partial charge >= 0.3 is 6.18 Å². The zero-order chi connectivity index (χ0) is 15.0. The summed E-state index contributed by atoms with van der Waals surface area (Å²) >= 11 is 0. The number of methoxy groups -OCH3 is 1. The Bertz CT molecular complexity index is 797. The maximum Gasteiger partial charge on any atom is 0.451 e. The third-order valence-electron chi connectivity index (χ3n) is 2.84. The van der Waals surface area contributed by atoms with Gasteiger partial charge in [-0.15, -0.1) is 0 Å². The van der Waals surface area contributed by atoms with Crippen LogP contribution in [-0.2, 0) is 6.18 Å². The summed E-state index contributed by atoms with van der Waals surface area (Å²) in [4.78, 5) is 13.7. The molecule has 0 aliphatic carbocycles. The van der Waals surface area contributed by atoms with E-state index in [1.54, 1.807) is 24.3 Å². The van der Waals surface area contributed by atoms with E-state index >= 15 is 0 Å². The zero-order valence-corrected chi connectivity index (χ0v) is 10.8. The van der Waals surface area contributed by atoms with Crippen LogP contribution >= 0.6 is 0 Å². The summed E-state index contributed by atoms with van der Waals surface area (Å²) in [6, 6.07) is 7.00. The van der Waals surface area contributed by atoms with E-state index in [9.17, 15) is 13.2 Å². The third kappa shape index (κ3) is 2.51. The molecule has 8 heteroatoms. The predicted molar refractivity (Wildman–Crippen MR) is 68.7 cm³/mol. The van der Waals surface area contributed by atoms with Crippen LogP contribution in [0.5, 0.6) is 5.75 Å². The van der Waals surface area contributed by atoms with Crippen molar-refractivity contribution in [3.63, 3.8) is 0 Å². The van der Waals surface area contributed by atoms with Crippen molar-refractivity contribution in [2.45, 2.75) is 6.18 Å². The summed E-state index contributed by atoms with van der Waals surface area (Å²) in [6.45, 7) is 0. The van der Waals surface area contributed by atoms with Crippen molar-refractivity contribution in [2.75, 3.05) is 7.11 Å². The van der Waals surface area contributed by atoms with Crippen molar-refractivity contribution in [2.24, 2.45) is 0 Å². The van der Waals surface area contributed by atoms with Crippen molar-refractivity contribution in [1.82, 2.24) is 19.9 Å². The van der Waals surface area contributed by atoms with Gasteiger partial charge in [0.1, 0.15) is 17.1 Å². The highest BCUT2D eigenvalue weighted by Gasteiger charge is 2.35. The molecule has 0 amide bonds. The van der Waals surface area contributed by atoms with Crippen LogP contribution in [0.15, 0.2) is 30.5 Å². The van der Waals surface area contributed by atoms with E-state index in [0.29, 0.717) is 22.7 Å². The van der Waals surface area contributed by atoms with E-state index in [-0.39, 0.29) is 5.65 Å². The maximum absolute atomic E-state index is 12.6. The number of nitrogens with one attached hydrogen (secondary N) is 1. The van der Waals surface area contributed by atoms with Gasteiger partial charge in [0.15, 0.2) is 5.65 Å². The smallest absolute Gasteiger partial charge is 0.451 e. The van der Waals surface area contributed by atoms with Gasteiger partial charge in [0, 0.05) is 5.56 Å². The van der Waals surface area contributed by atoms with Crippen LogP contribution in [0.25, 0.3) is 22.6 Å². The molecule has 0 saturated carbocycles. The number of rotatable bonds is 2. The Hall–Kier alpha value is -2.64. The van der Waals surface area contributed by atoms with Gasteiger partial charge in [0.25, 0.3) is 0 Å². The standard InChI is InChI=1S/C13H9F3N4O/c1-21-8-4-2-3-7(5-8)10-18-9-6-17-12(13(14,15)16)20-11(9)19-10/h2-6H,1H3,(H,17,18,19,20). The van der Waals surface area contributed by atoms with Crippen LogP contribution in [0.2, 0.25) is 0 Å². The molecule has 0 aliphatic heterocycles. The number of H-pyrrole nitrogens is 1. The van der Waals surface area contributed by atoms with Gasteiger partial charge < -0.3 is 9.72 Å². The molecule has 0 spiro atoms. The summed E-state index contributed by atoms with van der Waals surface area (Å²) < 4.78 is 42.8. The number of fused-ring (bicyclic) bond motifs is 1. The summed E-state index contributed by atoms with van der Waals surface area (Å²) in [5.74, 6) is -0.189. The first-order valence-electron chi connectivity index (χ1n) is 5.92. The summed E-state index contributed by atoms with van der Waals surface area (Å²) in [5, 5.41) is 0. The molecule has 21 heavy (non-hydrogen) atoms. The fourth-order valence-electron chi connectivity index (χ4n) is 1.85. The molecular weight excluding hydrogens is 285 g/mol. The summed E-state index contributed by atoms with van der Waals surface area (Å²) in [5.41, 5.74) is 0.983. The number of alkyl halides is 3. The van der Waals surface area contributed by atoms with E-state index in [1.807, 2.05) is 0 Å². The average molecular weight is 294 g/mol. The first-order valence-corrected chi connectivity index (χ1v) is 5.92. The maximum atomic E-state index is 12.6. The minimum atomic E-state index is -4.59. The normalized spacial score (nSPS) is 11.8. The van der Waals surface area contributed by atoms with Gasteiger partial charge in [-0.25, -0.2) is 15.0 Å². The molecule has 2 heterocycles.